The van der Waals surface area contributed by atoms with Gasteiger partial charge in [-0.15, -0.1) is 0 Å². The molecule has 0 aliphatic carbocycles. The minimum Gasteiger partial charge on any atom is -0.481 e. The number of carboxylic acids is 2. The van der Waals surface area contributed by atoms with Crippen LogP contribution in [0.25, 0.3) is 0 Å². The SMILES string of the molecule is CC/C=C/C/C=C/C/C=C/C/C=C/C/C=C/CCCC(=O)O.O=C(O)CCC(=O)Nc1ccccc1C(F)(F)F. The lowest BCUT2D eigenvalue weighted by Crippen LogP contribution is -2.17. The maximum atomic E-state index is 12.6. The third kappa shape index (κ3) is 22.1. The number of hydrogen-bond acceptors (Lipinski definition) is 3. The number of unbranched alkanes of at least 4 members (excludes halogenated alkanes) is 1. The number of carbonyl (C=O) groups excluding carboxylic acids is 1. The third-order valence-corrected chi connectivity index (χ3v) is 4.99. The molecular formula is C31H40F3NO5. The van der Waals surface area contributed by atoms with Crippen molar-refractivity contribution < 1.29 is 37.8 Å². The Morgan fingerprint density at radius 1 is 0.725 bits per heavy atom. The number of amides is 1. The molecule has 0 heterocycles. The van der Waals surface area contributed by atoms with Crippen LogP contribution in [0.2, 0.25) is 0 Å². The van der Waals surface area contributed by atoms with E-state index in [1.54, 1.807) is 0 Å². The van der Waals surface area contributed by atoms with Gasteiger partial charge in [-0.1, -0.05) is 79.8 Å². The molecule has 0 bridgehead atoms. The van der Waals surface area contributed by atoms with E-state index in [1.807, 2.05) is 0 Å². The number of carboxylic acid groups (broad SMARTS) is 2. The van der Waals surface area contributed by atoms with Gasteiger partial charge in [-0.25, -0.2) is 0 Å². The van der Waals surface area contributed by atoms with Crippen molar-refractivity contribution in [2.45, 2.75) is 77.3 Å². The van der Waals surface area contributed by atoms with Crippen LogP contribution in [-0.2, 0) is 20.6 Å². The fraction of sp³-hybridized carbons (Fsp3) is 0.387. The highest BCUT2D eigenvalue weighted by Crippen LogP contribution is 2.34. The van der Waals surface area contributed by atoms with Crippen LogP contribution in [-0.4, -0.2) is 28.1 Å². The van der Waals surface area contributed by atoms with E-state index in [0.717, 1.165) is 57.1 Å². The number of allylic oxidation sites excluding steroid dienone is 10. The van der Waals surface area contributed by atoms with Gasteiger partial charge in [-0.2, -0.15) is 13.2 Å². The van der Waals surface area contributed by atoms with Gasteiger partial charge in [-0.3, -0.25) is 14.4 Å². The van der Waals surface area contributed by atoms with Gasteiger partial charge in [0.2, 0.25) is 5.91 Å². The first-order chi connectivity index (χ1) is 19.1. The Morgan fingerprint density at radius 2 is 1.20 bits per heavy atom. The minimum absolute atomic E-state index is 0.258. The Kier molecular flexibility index (Phi) is 20.8. The van der Waals surface area contributed by atoms with E-state index in [1.165, 1.54) is 12.1 Å². The molecule has 1 rings (SSSR count). The Morgan fingerprint density at radius 3 is 1.68 bits per heavy atom. The molecule has 0 aromatic heterocycles. The number of carbonyl (C=O) groups is 3. The third-order valence-electron chi connectivity index (χ3n) is 4.99. The van der Waals surface area contributed by atoms with Gasteiger partial charge in [0.25, 0.3) is 0 Å². The number of hydrogen-bond donors (Lipinski definition) is 3. The summed E-state index contributed by atoms with van der Waals surface area (Å²) in [5, 5.41) is 18.9. The van der Waals surface area contributed by atoms with Gasteiger partial charge in [0.1, 0.15) is 0 Å². The van der Waals surface area contributed by atoms with Crippen molar-refractivity contribution in [3.63, 3.8) is 0 Å². The molecule has 1 amide bonds. The van der Waals surface area contributed by atoms with E-state index in [-0.39, 0.29) is 18.5 Å². The van der Waals surface area contributed by atoms with E-state index in [2.05, 4.69) is 73.0 Å². The van der Waals surface area contributed by atoms with Crippen LogP contribution in [0, 0.1) is 0 Å². The maximum Gasteiger partial charge on any atom is 0.418 e. The fourth-order valence-corrected chi connectivity index (χ4v) is 3.01. The summed E-state index contributed by atoms with van der Waals surface area (Å²) in [6, 6.07) is 4.51. The minimum atomic E-state index is -4.57. The standard InChI is InChI=1S/C20H30O2.C11H10F3NO3/c1-2-3-4-5-6-7-8-9-10-11-12-13-14-15-16-17-18-19-20(21)22;12-11(13,14)7-3-1-2-4-8(7)15-9(16)5-6-10(17)18/h3-4,6-7,9-10,12-13,15-16H,2,5,8,11,14,17-19H2,1H3,(H,21,22);1-4H,5-6H2,(H,15,16)(H,17,18)/b4-3+,7-6+,10-9+,13-12+,16-15+;. The van der Waals surface area contributed by atoms with E-state index in [4.69, 9.17) is 10.2 Å². The van der Waals surface area contributed by atoms with Crippen LogP contribution in [0.1, 0.15) is 76.7 Å². The van der Waals surface area contributed by atoms with Crippen molar-refractivity contribution in [2.75, 3.05) is 5.32 Å². The highest BCUT2D eigenvalue weighted by Gasteiger charge is 2.33. The molecule has 0 spiro atoms. The Hall–Kier alpha value is -3.88. The number of benzene rings is 1. The molecule has 0 radical (unpaired) electrons. The first-order valence-corrected chi connectivity index (χ1v) is 13.2. The molecule has 0 unspecified atom stereocenters. The fourth-order valence-electron chi connectivity index (χ4n) is 3.01. The summed E-state index contributed by atoms with van der Waals surface area (Å²) in [7, 11) is 0. The van der Waals surface area contributed by atoms with Crippen molar-refractivity contribution >= 4 is 23.5 Å². The predicted molar refractivity (Wildman–Crippen MR) is 153 cm³/mol. The van der Waals surface area contributed by atoms with Crippen molar-refractivity contribution in [2.24, 2.45) is 0 Å². The average molecular weight is 564 g/mol. The molecular weight excluding hydrogens is 523 g/mol. The van der Waals surface area contributed by atoms with E-state index in [0.29, 0.717) is 0 Å². The number of para-hydroxylation sites is 1. The van der Waals surface area contributed by atoms with Crippen LogP contribution in [0.15, 0.2) is 85.0 Å². The molecule has 9 heteroatoms. The zero-order valence-electron chi connectivity index (χ0n) is 22.9. The van der Waals surface area contributed by atoms with Crippen molar-refractivity contribution in [1.82, 2.24) is 0 Å². The molecule has 40 heavy (non-hydrogen) atoms. The number of halogens is 3. The quantitative estimate of drug-likeness (QED) is 0.130. The van der Waals surface area contributed by atoms with E-state index in [9.17, 15) is 27.6 Å². The van der Waals surface area contributed by atoms with Gasteiger partial charge in [0.05, 0.1) is 17.7 Å². The summed E-state index contributed by atoms with van der Waals surface area (Å²) in [6.45, 7) is 2.14. The molecule has 0 fully saturated rings. The maximum absolute atomic E-state index is 12.6. The first-order valence-electron chi connectivity index (χ1n) is 13.2. The molecule has 3 N–H and O–H groups in total. The molecule has 1 aromatic rings. The summed E-state index contributed by atoms with van der Waals surface area (Å²) in [5.41, 5.74) is -1.34. The Labute approximate surface area is 234 Å². The van der Waals surface area contributed by atoms with Crippen LogP contribution < -0.4 is 5.32 Å². The Bertz CT molecular complexity index is 1020. The largest absolute Gasteiger partial charge is 0.481 e. The smallest absolute Gasteiger partial charge is 0.418 e. The summed E-state index contributed by atoms with van der Waals surface area (Å²) in [5.74, 6) is -2.67. The summed E-state index contributed by atoms with van der Waals surface area (Å²) >= 11 is 0. The van der Waals surface area contributed by atoms with Crippen molar-refractivity contribution in [3.8, 4) is 0 Å². The zero-order valence-corrected chi connectivity index (χ0v) is 22.9. The van der Waals surface area contributed by atoms with Crippen LogP contribution in [0.3, 0.4) is 0 Å². The number of rotatable bonds is 17. The molecule has 0 saturated carbocycles. The summed E-state index contributed by atoms with van der Waals surface area (Å²) in [4.78, 5) is 31.8. The normalized spacial score (nSPS) is 12.0. The van der Waals surface area contributed by atoms with E-state index >= 15 is 0 Å². The van der Waals surface area contributed by atoms with Crippen LogP contribution in [0.5, 0.6) is 0 Å². The van der Waals surface area contributed by atoms with Gasteiger partial charge >= 0.3 is 18.1 Å². The van der Waals surface area contributed by atoms with Crippen molar-refractivity contribution in [1.29, 1.82) is 0 Å². The molecule has 0 aliphatic heterocycles. The van der Waals surface area contributed by atoms with Crippen molar-refractivity contribution in [3.05, 3.63) is 90.6 Å². The number of nitrogens with one attached hydrogen (secondary N) is 1. The Balaban J connectivity index is 0.000000774. The topological polar surface area (TPSA) is 104 Å². The molecule has 220 valence electrons. The molecule has 0 aliphatic rings. The lowest BCUT2D eigenvalue weighted by atomic mass is 10.1. The highest BCUT2D eigenvalue weighted by atomic mass is 19.4. The van der Waals surface area contributed by atoms with E-state index < -0.39 is 36.0 Å². The molecule has 0 atom stereocenters. The summed E-state index contributed by atoms with van der Waals surface area (Å²) < 4.78 is 37.7. The molecule has 0 saturated heterocycles. The van der Waals surface area contributed by atoms with Crippen LogP contribution >= 0.6 is 0 Å². The lowest BCUT2D eigenvalue weighted by Gasteiger charge is -2.13. The average Bonchev–Trinajstić information content (AvgIpc) is 2.89. The summed E-state index contributed by atoms with van der Waals surface area (Å²) in [6.07, 6.45) is 23.1. The second kappa shape index (κ2) is 23.0. The monoisotopic (exact) mass is 563 g/mol. The van der Waals surface area contributed by atoms with Gasteiger partial charge < -0.3 is 15.5 Å². The predicted octanol–water partition coefficient (Wildman–Crippen LogP) is 8.50. The van der Waals surface area contributed by atoms with Crippen LogP contribution in [0.4, 0.5) is 18.9 Å². The highest BCUT2D eigenvalue weighted by molar-refractivity contribution is 5.93. The van der Waals surface area contributed by atoms with Gasteiger partial charge in [0.15, 0.2) is 0 Å². The number of anilines is 1. The molecule has 1 aromatic carbocycles. The second-order valence-corrected chi connectivity index (χ2v) is 8.48. The first kappa shape index (κ1) is 36.1. The lowest BCUT2D eigenvalue weighted by molar-refractivity contribution is -0.139. The number of alkyl halides is 3. The number of aliphatic carboxylic acids is 2. The van der Waals surface area contributed by atoms with Gasteiger partial charge in [-0.05, 0) is 57.1 Å². The zero-order chi connectivity index (χ0) is 30.1. The second-order valence-electron chi connectivity index (χ2n) is 8.48. The van der Waals surface area contributed by atoms with Gasteiger partial charge in [0, 0.05) is 12.8 Å². The molecule has 6 nitrogen and oxygen atoms in total.